The van der Waals surface area contributed by atoms with Crippen LogP contribution in [0.1, 0.15) is 53.4 Å². The molecule has 0 fully saturated rings. The molecule has 0 atom stereocenters. The summed E-state index contributed by atoms with van der Waals surface area (Å²) in [5, 5.41) is 0. The highest BCUT2D eigenvalue weighted by molar-refractivity contribution is 4.60. The minimum atomic E-state index is 0.0520. The first-order valence-electron chi connectivity index (χ1n) is 6.97. The zero-order chi connectivity index (χ0) is 13.1. The summed E-state index contributed by atoms with van der Waals surface area (Å²) in [5.41, 5.74) is 0. The van der Waals surface area contributed by atoms with Crippen LogP contribution in [-0.4, -0.2) is 38.6 Å². The average molecular weight is 246 g/mol. The fourth-order valence-electron chi connectivity index (χ4n) is 1.72. The Kier molecular flexibility index (Phi) is 10.9. The second-order valence-corrected chi connectivity index (χ2v) is 4.40. The highest BCUT2D eigenvalue weighted by atomic mass is 16.6. The summed E-state index contributed by atoms with van der Waals surface area (Å²) in [6, 6.07) is 0. The molecule has 0 unspecified atom stereocenters. The van der Waals surface area contributed by atoms with Gasteiger partial charge < -0.3 is 14.2 Å². The summed E-state index contributed by atoms with van der Waals surface area (Å²) in [6.07, 6.45) is 4.97. The van der Waals surface area contributed by atoms with Gasteiger partial charge in [-0.3, -0.25) is 0 Å². The summed E-state index contributed by atoms with van der Waals surface area (Å²) in [6.45, 7) is 9.85. The van der Waals surface area contributed by atoms with E-state index in [9.17, 15) is 0 Å². The summed E-state index contributed by atoms with van der Waals surface area (Å²) in [7, 11) is 1.72. The van der Waals surface area contributed by atoms with Crippen LogP contribution in [0.5, 0.6) is 0 Å². The van der Waals surface area contributed by atoms with Crippen LogP contribution < -0.4 is 0 Å². The van der Waals surface area contributed by atoms with Crippen LogP contribution in [0.15, 0.2) is 0 Å². The molecule has 17 heavy (non-hydrogen) atoms. The highest BCUT2D eigenvalue weighted by Crippen LogP contribution is 2.07. The first kappa shape index (κ1) is 16.9. The predicted octanol–water partition coefficient (Wildman–Crippen LogP) is 3.41. The molecule has 0 heterocycles. The fraction of sp³-hybridized carbons (Fsp3) is 1.00. The van der Waals surface area contributed by atoms with Gasteiger partial charge in [0.15, 0.2) is 0 Å². The van der Waals surface area contributed by atoms with Gasteiger partial charge in [-0.25, -0.2) is 0 Å². The molecule has 0 aliphatic heterocycles. The lowest BCUT2D eigenvalue weighted by Gasteiger charge is -2.22. The maximum absolute atomic E-state index is 5.79. The monoisotopic (exact) mass is 246 g/mol. The van der Waals surface area contributed by atoms with E-state index in [1.807, 2.05) is 0 Å². The van der Waals surface area contributed by atoms with Gasteiger partial charge in [-0.2, -0.15) is 0 Å². The Balaban J connectivity index is 3.82. The first-order valence-corrected chi connectivity index (χ1v) is 6.97. The Morgan fingerprint density at radius 3 is 1.24 bits per heavy atom. The van der Waals surface area contributed by atoms with Gasteiger partial charge in [0.05, 0.1) is 25.4 Å². The molecule has 0 aliphatic carbocycles. The van der Waals surface area contributed by atoms with Gasteiger partial charge in [0, 0.05) is 7.11 Å². The molecule has 0 saturated carbocycles. The predicted molar refractivity (Wildman–Crippen MR) is 71.4 cm³/mol. The summed E-state index contributed by atoms with van der Waals surface area (Å²) < 4.78 is 17.0. The second kappa shape index (κ2) is 11.0. The Morgan fingerprint density at radius 2 is 1.00 bits per heavy atom. The van der Waals surface area contributed by atoms with E-state index in [0.717, 1.165) is 25.7 Å². The Labute approximate surface area is 107 Å². The fourth-order valence-corrected chi connectivity index (χ4v) is 1.72. The molecule has 0 N–H and O–H groups in total. The molecule has 0 radical (unpaired) electrons. The molecule has 0 aromatic carbocycles. The lowest BCUT2D eigenvalue weighted by atomic mass is 10.2. The van der Waals surface area contributed by atoms with Gasteiger partial charge in [0.1, 0.15) is 6.10 Å². The topological polar surface area (TPSA) is 27.7 Å². The average Bonchev–Trinajstić information content (AvgIpc) is 2.38. The third-order valence-corrected chi connectivity index (χ3v) is 3.19. The quantitative estimate of drug-likeness (QED) is 0.559. The van der Waals surface area contributed by atoms with Crippen molar-refractivity contribution in [2.75, 3.05) is 20.3 Å². The van der Waals surface area contributed by atoms with E-state index in [-0.39, 0.29) is 6.10 Å². The van der Waals surface area contributed by atoms with E-state index in [2.05, 4.69) is 27.7 Å². The van der Waals surface area contributed by atoms with Gasteiger partial charge >= 0.3 is 0 Å². The molecule has 3 nitrogen and oxygen atoms in total. The molecule has 0 saturated heterocycles. The summed E-state index contributed by atoms with van der Waals surface area (Å²) in [5.74, 6) is 0. The number of hydrogen-bond acceptors (Lipinski definition) is 3. The third-order valence-electron chi connectivity index (χ3n) is 3.19. The van der Waals surface area contributed by atoms with Crippen LogP contribution in [0.3, 0.4) is 0 Å². The van der Waals surface area contributed by atoms with Gasteiger partial charge in [-0.15, -0.1) is 0 Å². The molecular formula is C14H30O3. The van der Waals surface area contributed by atoms with Gasteiger partial charge in [-0.1, -0.05) is 27.7 Å². The molecule has 3 heteroatoms. The maximum atomic E-state index is 5.79. The lowest BCUT2D eigenvalue weighted by molar-refractivity contribution is -0.0789. The molecule has 0 aliphatic rings. The van der Waals surface area contributed by atoms with Crippen LogP contribution in [0.25, 0.3) is 0 Å². The van der Waals surface area contributed by atoms with E-state index in [0.29, 0.717) is 25.4 Å². The van der Waals surface area contributed by atoms with E-state index < -0.39 is 0 Å². The number of rotatable bonds is 11. The van der Waals surface area contributed by atoms with Crippen LogP contribution in [-0.2, 0) is 14.2 Å². The number of methoxy groups -OCH3 is 1. The molecule has 0 rings (SSSR count). The van der Waals surface area contributed by atoms with E-state index in [4.69, 9.17) is 14.2 Å². The largest absolute Gasteiger partial charge is 0.377 e. The normalized spacial score (nSPS) is 12.0. The second-order valence-electron chi connectivity index (χ2n) is 4.40. The van der Waals surface area contributed by atoms with Crippen molar-refractivity contribution < 1.29 is 14.2 Å². The lowest BCUT2D eigenvalue weighted by Crippen LogP contribution is -2.29. The molecule has 0 aromatic rings. The van der Waals surface area contributed by atoms with Crippen molar-refractivity contribution >= 4 is 0 Å². The zero-order valence-corrected chi connectivity index (χ0v) is 12.2. The molecule has 0 spiro atoms. The van der Waals surface area contributed by atoms with E-state index in [1.165, 1.54) is 0 Å². The van der Waals surface area contributed by atoms with Crippen LogP contribution in [0.4, 0.5) is 0 Å². The van der Waals surface area contributed by atoms with Crippen molar-refractivity contribution in [2.24, 2.45) is 0 Å². The molecule has 0 bridgehead atoms. The van der Waals surface area contributed by atoms with Gasteiger partial charge in [0.2, 0.25) is 0 Å². The van der Waals surface area contributed by atoms with Crippen molar-refractivity contribution in [2.45, 2.75) is 71.7 Å². The van der Waals surface area contributed by atoms with E-state index >= 15 is 0 Å². The van der Waals surface area contributed by atoms with Crippen molar-refractivity contribution in [1.82, 2.24) is 0 Å². The van der Waals surface area contributed by atoms with Crippen LogP contribution in [0.2, 0.25) is 0 Å². The SMILES string of the molecule is CCC(CC)OCC(COC(CC)CC)OC. The Bertz CT molecular complexity index is 138. The van der Waals surface area contributed by atoms with Crippen molar-refractivity contribution in [3.05, 3.63) is 0 Å². The molecule has 0 amide bonds. The van der Waals surface area contributed by atoms with Gasteiger partial charge in [0.25, 0.3) is 0 Å². The summed E-state index contributed by atoms with van der Waals surface area (Å²) >= 11 is 0. The van der Waals surface area contributed by atoms with E-state index in [1.54, 1.807) is 7.11 Å². The third kappa shape index (κ3) is 7.74. The maximum Gasteiger partial charge on any atom is 0.104 e. The van der Waals surface area contributed by atoms with Crippen molar-refractivity contribution in [1.29, 1.82) is 0 Å². The number of ether oxygens (including phenoxy) is 3. The summed E-state index contributed by atoms with van der Waals surface area (Å²) in [4.78, 5) is 0. The van der Waals surface area contributed by atoms with Crippen molar-refractivity contribution in [3.63, 3.8) is 0 Å². The standard InChI is InChI=1S/C14H30O3/c1-6-12(7-2)16-10-14(15-5)11-17-13(8-3)9-4/h12-14H,6-11H2,1-5H3. The zero-order valence-electron chi connectivity index (χ0n) is 12.2. The minimum absolute atomic E-state index is 0.0520. The van der Waals surface area contributed by atoms with Crippen LogP contribution >= 0.6 is 0 Å². The highest BCUT2D eigenvalue weighted by Gasteiger charge is 2.13. The molecular weight excluding hydrogens is 216 g/mol. The van der Waals surface area contributed by atoms with Crippen molar-refractivity contribution in [3.8, 4) is 0 Å². The first-order chi connectivity index (χ1) is 8.21. The molecule has 104 valence electrons. The Hall–Kier alpha value is -0.120. The smallest absolute Gasteiger partial charge is 0.104 e. The number of hydrogen-bond donors (Lipinski definition) is 0. The molecule has 0 aromatic heterocycles. The minimum Gasteiger partial charge on any atom is -0.377 e. The van der Waals surface area contributed by atoms with Crippen LogP contribution in [0, 0.1) is 0 Å². The van der Waals surface area contributed by atoms with Gasteiger partial charge in [-0.05, 0) is 25.7 Å². The Morgan fingerprint density at radius 1 is 0.647 bits per heavy atom.